The van der Waals surface area contributed by atoms with E-state index < -0.39 is 5.92 Å². The van der Waals surface area contributed by atoms with E-state index in [9.17, 15) is 4.79 Å². The van der Waals surface area contributed by atoms with E-state index in [0.29, 0.717) is 12.0 Å². The van der Waals surface area contributed by atoms with Crippen LogP contribution in [0.5, 0.6) is 0 Å². The van der Waals surface area contributed by atoms with Gasteiger partial charge >= 0.3 is 0 Å². The summed E-state index contributed by atoms with van der Waals surface area (Å²) in [4.78, 5) is 15.4. The lowest BCUT2D eigenvalue weighted by Crippen LogP contribution is -2.11. The van der Waals surface area contributed by atoms with E-state index in [0.717, 1.165) is 0 Å². The third-order valence-electron chi connectivity index (χ3n) is 1.85. The predicted octanol–water partition coefficient (Wildman–Crippen LogP) is 1.81. The van der Waals surface area contributed by atoms with Gasteiger partial charge in [-0.2, -0.15) is 5.26 Å². The molecule has 0 bridgehead atoms. The smallest absolute Gasteiger partial charge is 0.180 e. The van der Waals surface area contributed by atoms with Crippen molar-refractivity contribution in [3.05, 3.63) is 30.1 Å². The maximum Gasteiger partial charge on any atom is 0.180 e. The quantitative estimate of drug-likeness (QED) is 0.656. The van der Waals surface area contributed by atoms with E-state index in [2.05, 4.69) is 4.98 Å². The molecule has 0 aliphatic heterocycles. The number of nitrogens with zero attached hydrogens (tertiary/aromatic N) is 2. The number of rotatable bonds is 3. The van der Waals surface area contributed by atoms with E-state index in [1.54, 1.807) is 24.5 Å². The van der Waals surface area contributed by atoms with Crippen LogP contribution in [-0.4, -0.2) is 10.8 Å². The zero-order valence-corrected chi connectivity index (χ0v) is 7.40. The van der Waals surface area contributed by atoms with Crippen LogP contribution in [0, 0.1) is 17.2 Å². The second kappa shape index (κ2) is 4.36. The standard InChI is InChI=1S/C10H10N2O/c1-2-8(7-11)10(13)9-3-5-12-6-4-9/h3-6,8H,2H2,1H3/t8-/m0/s1. The first kappa shape index (κ1) is 9.40. The second-order valence-corrected chi connectivity index (χ2v) is 2.69. The number of nitriles is 1. The summed E-state index contributed by atoms with van der Waals surface area (Å²) in [7, 11) is 0. The van der Waals surface area contributed by atoms with E-state index in [1.807, 2.05) is 13.0 Å². The Morgan fingerprint density at radius 1 is 1.62 bits per heavy atom. The van der Waals surface area contributed by atoms with Crippen LogP contribution >= 0.6 is 0 Å². The molecule has 1 heterocycles. The Morgan fingerprint density at radius 3 is 2.69 bits per heavy atom. The third kappa shape index (κ3) is 2.12. The van der Waals surface area contributed by atoms with Gasteiger partial charge in [0.05, 0.1) is 6.07 Å². The maximum absolute atomic E-state index is 11.6. The number of aromatic nitrogens is 1. The molecule has 0 aromatic carbocycles. The van der Waals surface area contributed by atoms with Gasteiger partial charge in [-0.3, -0.25) is 9.78 Å². The molecular formula is C10H10N2O. The summed E-state index contributed by atoms with van der Waals surface area (Å²) in [5, 5.41) is 8.67. The number of pyridine rings is 1. The van der Waals surface area contributed by atoms with Gasteiger partial charge in [-0.05, 0) is 18.6 Å². The molecule has 0 N–H and O–H groups in total. The lowest BCUT2D eigenvalue weighted by Gasteiger charge is -2.03. The van der Waals surface area contributed by atoms with Gasteiger partial charge in [-0.25, -0.2) is 0 Å². The van der Waals surface area contributed by atoms with Crippen LogP contribution < -0.4 is 0 Å². The molecule has 66 valence electrons. The van der Waals surface area contributed by atoms with Gasteiger partial charge in [0.1, 0.15) is 5.92 Å². The van der Waals surface area contributed by atoms with Crippen molar-refractivity contribution in [3.63, 3.8) is 0 Å². The summed E-state index contributed by atoms with van der Waals surface area (Å²) in [5.74, 6) is -0.644. The Hall–Kier alpha value is -1.69. The van der Waals surface area contributed by atoms with Crippen molar-refractivity contribution in [2.75, 3.05) is 0 Å². The van der Waals surface area contributed by atoms with E-state index in [1.165, 1.54) is 0 Å². The first-order valence-electron chi connectivity index (χ1n) is 4.13. The van der Waals surface area contributed by atoms with Gasteiger partial charge in [0.15, 0.2) is 5.78 Å². The minimum Gasteiger partial charge on any atom is -0.293 e. The summed E-state index contributed by atoms with van der Waals surface area (Å²) < 4.78 is 0. The van der Waals surface area contributed by atoms with Crippen molar-refractivity contribution in [1.29, 1.82) is 5.26 Å². The Kier molecular flexibility index (Phi) is 3.15. The molecule has 0 spiro atoms. The molecule has 1 aromatic rings. The average Bonchev–Trinajstić information content (AvgIpc) is 2.21. The van der Waals surface area contributed by atoms with Crippen LogP contribution in [-0.2, 0) is 0 Å². The molecule has 1 atom stereocenters. The molecule has 3 heteroatoms. The van der Waals surface area contributed by atoms with Gasteiger partial charge < -0.3 is 0 Å². The normalized spacial score (nSPS) is 11.7. The zero-order chi connectivity index (χ0) is 9.68. The molecule has 13 heavy (non-hydrogen) atoms. The highest BCUT2D eigenvalue weighted by Gasteiger charge is 2.16. The van der Waals surface area contributed by atoms with Gasteiger partial charge in [0.25, 0.3) is 0 Å². The Balaban J connectivity index is 2.86. The van der Waals surface area contributed by atoms with Crippen molar-refractivity contribution in [3.8, 4) is 6.07 Å². The fourth-order valence-electron chi connectivity index (χ4n) is 1.05. The molecular weight excluding hydrogens is 164 g/mol. The van der Waals surface area contributed by atoms with Gasteiger partial charge in [0.2, 0.25) is 0 Å². The van der Waals surface area contributed by atoms with Gasteiger partial charge in [-0.1, -0.05) is 6.92 Å². The van der Waals surface area contributed by atoms with Crippen molar-refractivity contribution >= 4 is 5.78 Å². The molecule has 0 radical (unpaired) electrons. The van der Waals surface area contributed by atoms with E-state index >= 15 is 0 Å². The van der Waals surface area contributed by atoms with Crippen LogP contribution in [0.25, 0.3) is 0 Å². The highest BCUT2D eigenvalue weighted by Crippen LogP contribution is 2.10. The molecule has 0 saturated carbocycles. The molecule has 1 aromatic heterocycles. The summed E-state index contributed by atoms with van der Waals surface area (Å²) in [6, 6.07) is 5.23. The van der Waals surface area contributed by atoms with Crippen LogP contribution in [0.1, 0.15) is 23.7 Å². The maximum atomic E-state index is 11.6. The molecule has 3 nitrogen and oxygen atoms in total. The molecule has 0 aliphatic carbocycles. The molecule has 0 aliphatic rings. The molecule has 0 amide bonds. The van der Waals surface area contributed by atoms with Crippen molar-refractivity contribution in [2.45, 2.75) is 13.3 Å². The first-order chi connectivity index (χ1) is 6.29. The van der Waals surface area contributed by atoms with Crippen LogP contribution in [0.3, 0.4) is 0 Å². The van der Waals surface area contributed by atoms with Crippen molar-refractivity contribution < 1.29 is 4.79 Å². The van der Waals surface area contributed by atoms with Crippen molar-refractivity contribution in [2.24, 2.45) is 5.92 Å². The second-order valence-electron chi connectivity index (χ2n) is 2.69. The highest BCUT2D eigenvalue weighted by molar-refractivity contribution is 5.99. The topological polar surface area (TPSA) is 53.8 Å². The average molecular weight is 174 g/mol. The fraction of sp³-hybridized carbons (Fsp3) is 0.300. The van der Waals surface area contributed by atoms with E-state index in [-0.39, 0.29) is 5.78 Å². The number of Topliss-reactive ketones (excluding diaryl/α,β-unsaturated/α-hetero) is 1. The summed E-state index contributed by atoms with van der Waals surface area (Å²) in [6.45, 7) is 1.83. The summed E-state index contributed by atoms with van der Waals surface area (Å²) in [6.07, 6.45) is 3.66. The molecule has 0 fully saturated rings. The number of hydrogen-bond donors (Lipinski definition) is 0. The Bertz CT molecular complexity index is 327. The first-order valence-corrected chi connectivity index (χ1v) is 4.13. The number of carbonyl (C=O) groups excluding carboxylic acids is 1. The lowest BCUT2D eigenvalue weighted by molar-refractivity contribution is 0.0946. The minimum atomic E-state index is -0.526. The lowest BCUT2D eigenvalue weighted by atomic mass is 9.98. The monoisotopic (exact) mass is 174 g/mol. The highest BCUT2D eigenvalue weighted by atomic mass is 16.1. The van der Waals surface area contributed by atoms with Gasteiger partial charge in [0, 0.05) is 18.0 Å². The molecule has 1 rings (SSSR count). The Labute approximate surface area is 77.0 Å². The number of carbonyl (C=O) groups is 1. The third-order valence-corrected chi connectivity index (χ3v) is 1.85. The number of hydrogen-bond acceptors (Lipinski definition) is 3. The summed E-state index contributed by atoms with van der Waals surface area (Å²) in [5.41, 5.74) is 0.559. The Morgan fingerprint density at radius 2 is 2.23 bits per heavy atom. The molecule has 0 unspecified atom stereocenters. The van der Waals surface area contributed by atoms with Crippen LogP contribution in [0.4, 0.5) is 0 Å². The van der Waals surface area contributed by atoms with E-state index in [4.69, 9.17) is 5.26 Å². The van der Waals surface area contributed by atoms with Crippen LogP contribution in [0.15, 0.2) is 24.5 Å². The predicted molar refractivity (Wildman–Crippen MR) is 48.0 cm³/mol. The largest absolute Gasteiger partial charge is 0.293 e. The summed E-state index contributed by atoms with van der Waals surface area (Å²) >= 11 is 0. The molecule has 0 saturated heterocycles. The minimum absolute atomic E-state index is 0.118. The number of ketones is 1. The SMILES string of the molecule is CC[C@@H](C#N)C(=O)c1ccncc1. The van der Waals surface area contributed by atoms with Crippen LogP contribution in [0.2, 0.25) is 0 Å². The fourth-order valence-corrected chi connectivity index (χ4v) is 1.05. The zero-order valence-electron chi connectivity index (χ0n) is 7.40. The van der Waals surface area contributed by atoms with Gasteiger partial charge in [-0.15, -0.1) is 0 Å². The van der Waals surface area contributed by atoms with Crippen molar-refractivity contribution in [1.82, 2.24) is 4.98 Å².